The van der Waals surface area contributed by atoms with Crippen LogP contribution in [0.25, 0.3) is 0 Å². The smallest absolute Gasteiger partial charge is 0.120 e. The largest absolute Gasteiger partial charge is 0.491 e. The second-order valence-corrected chi connectivity index (χ2v) is 6.16. The van der Waals surface area contributed by atoms with Gasteiger partial charge in [0.2, 0.25) is 0 Å². The van der Waals surface area contributed by atoms with Crippen molar-refractivity contribution in [2.24, 2.45) is 5.92 Å². The highest BCUT2D eigenvalue weighted by Crippen LogP contribution is 2.24. The van der Waals surface area contributed by atoms with Crippen LogP contribution in [-0.4, -0.2) is 12.1 Å². The van der Waals surface area contributed by atoms with Gasteiger partial charge in [0.15, 0.2) is 0 Å². The molecule has 0 bridgehead atoms. The monoisotopic (exact) mass is 261 g/mol. The number of hydrogen-bond acceptors (Lipinski definition) is 2. The number of ether oxygens (including phenoxy) is 1. The van der Waals surface area contributed by atoms with E-state index in [-0.39, 0.29) is 6.10 Å². The van der Waals surface area contributed by atoms with Crippen LogP contribution in [0.2, 0.25) is 0 Å². The Bertz CT molecular complexity index is 389. The first-order chi connectivity index (χ1) is 9.13. The van der Waals surface area contributed by atoms with Crippen molar-refractivity contribution < 1.29 is 4.74 Å². The summed E-state index contributed by atoms with van der Waals surface area (Å²) in [7, 11) is 0. The van der Waals surface area contributed by atoms with Gasteiger partial charge < -0.3 is 10.1 Å². The second kappa shape index (κ2) is 6.95. The Morgan fingerprint density at radius 1 is 1.32 bits per heavy atom. The van der Waals surface area contributed by atoms with Crippen LogP contribution in [0.1, 0.15) is 52.0 Å². The fourth-order valence-corrected chi connectivity index (χ4v) is 2.88. The maximum absolute atomic E-state index is 5.74. The van der Waals surface area contributed by atoms with Crippen molar-refractivity contribution in [1.29, 1.82) is 0 Å². The van der Waals surface area contributed by atoms with Crippen LogP contribution >= 0.6 is 0 Å². The minimum Gasteiger partial charge on any atom is -0.491 e. The molecule has 0 radical (unpaired) electrons. The minimum absolute atomic E-state index is 0.238. The molecule has 0 aliphatic heterocycles. The number of hydrogen-bond donors (Lipinski definition) is 1. The molecule has 0 saturated heterocycles. The fraction of sp³-hybridized carbons (Fsp3) is 0.647. The van der Waals surface area contributed by atoms with Crippen molar-refractivity contribution in [2.45, 2.75) is 65.1 Å². The van der Waals surface area contributed by atoms with Crippen LogP contribution in [0.4, 0.5) is 0 Å². The highest BCUT2D eigenvalue weighted by molar-refractivity contribution is 5.28. The molecule has 0 amide bonds. The molecule has 2 nitrogen and oxygen atoms in total. The Labute approximate surface area is 117 Å². The van der Waals surface area contributed by atoms with E-state index in [1.807, 2.05) is 6.07 Å². The Morgan fingerprint density at radius 2 is 2.16 bits per heavy atom. The van der Waals surface area contributed by atoms with E-state index < -0.39 is 0 Å². The fourth-order valence-electron chi connectivity index (χ4n) is 2.88. The van der Waals surface area contributed by atoms with Gasteiger partial charge in [-0.25, -0.2) is 0 Å². The predicted octanol–water partition coefficient (Wildman–Crippen LogP) is 4.14. The van der Waals surface area contributed by atoms with Crippen LogP contribution in [0.5, 0.6) is 5.75 Å². The highest BCUT2D eigenvalue weighted by atomic mass is 16.5. The molecule has 1 fully saturated rings. The molecule has 106 valence electrons. The first kappa shape index (κ1) is 14.4. The Morgan fingerprint density at radius 3 is 2.89 bits per heavy atom. The van der Waals surface area contributed by atoms with Crippen LogP contribution in [0.15, 0.2) is 24.3 Å². The van der Waals surface area contributed by atoms with Gasteiger partial charge in [-0.05, 0) is 50.3 Å². The van der Waals surface area contributed by atoms with Crippen LogP contribution in [0, 0.1) is 5.92 Å². The third-order valence-electron chi connectivity index (χ3n) is 3.80. The highest BCUT2D eigenvalue weighted by Gasteiger charge is 2.17. The number of nitrogens with one attached hydrogen (secondary N) is 1. The van der Waals surface area contributed by atoms with Gasteiger partial charge >= 0.3 is 0 Å². The first-order valence-corrected chi connectivity index (χ1v) is 7.62. The van der Waals surface area contributed by atoms with Gasteiger partial charge in [-0.3, -0.25) is 0 Å². The Kier molecular flexibility index (Phi) is 5.26. The van der Waals surface area contributed by atoms with E-state index in [1.165, 1.54) is 31.2 Å². The van der Waals surface area contributed by atoms with Gasteiger partial charge in [0.05, 0.1) is 6.10 Å². The molecule has 1 aromatic rings. The topological polar surface area (TPSA) is 21.3 Å². The lowest BCUT2D eigenvalue weighted by Gasteiger charge is -2.27. The lowest BCUT2D eigenvalue weighted by atomic mass is 9.87. The second-order valence-electron chi connectivity index (χ2n) is 6.16. The summed E-state index contributed by atoms with van der Waals surface area (Å²) >= 11 is 0. The van der Waals surface area contributed by atoms with Gasteiger partial charge in [0.1, 0.15) is 5.75 Å². The van der Waals surface area contributed by atoms with E-state index in [0.29, 0.717) is 6.04 Å². The summed E-state index contributed by atoms with van der Waals surface area (Å²) in [5.41, 5.74) is 1.32. The zero-order valence-corrected chi connectivity index (χ0v) is 12.5. The van der Waals surface area contributed by atoms with Crippen molar-refractivity contribution in [1.82, 2.24) is 5.32 Å². The summed E-state index contributed by atoms with van der Waals surface area (Å²) in [5.74, 6) is 1.85. The normalized spacial score (nSPS) is 23.6. The van der Waals surface area contributed by atoms with E-state index in [9.17, 15) is 0 Å². The standard InChI is InChI=1S/C17H27NO/c1-13(2)19-17-9-5-7-15(11-17)12-18-16-8-4-6-14(3)10-16/h5,7,9,11,13-14,16,18H,4,6,8,10,12H2,1-3H3. The van der Waals surface area contributed by atoms with Crippen molar-refractivity contribution in [3.63, 3.8) is 0 Å². The van der Waals surface area contributed by atoms with Crippen molar-refractivity contribution in [3.05, 3.63) is 29.8 Å². The summed E-state index contributed by atoms with van der Waals surface area (Å²) in [4.78, 5) is 0. The number of benzene rings is 1. The molecule has 0 aromatic heterocycles. The molecule has 2 rings (SSSR count). The molecule has 1 aliphatic carbocycles. The van der Waals surface area contributed by atoms with E-state index in [1.54, 1.807) is 0 Å². The van der Waals surface area contributed by atoms with Crippen molar-refractivity contribution in [3.8, 4) is 5.75 Å². The maximum Gasteiger partial charge on any atom is 0.120 e. The predicted molar refractivity (Wildman–Crippen MR) is 80.5 cm³/mol. The van der Waals surface area contributed by atoms with E-state index >= 15 is 0 Å². The van der Waals surface area contributed by atoms with Gasteiger partial charge in [-0.15, -0.1) is 0 Å². The summed E-state index contributed by atoms with van der Waals surface area (Å²) in [6, 6.07) is 9.13. The molecular weight excluding hydrogens is 234 g/mol. The first-order valence-electron chi connectivity index (χ1n) is 7.62. The van der Waals surface area contributed by atoms with Crippen LogP contribution in [0.3, 0.4) is 0 Å². The lowest BCUT2D eigenvalue weighted by molar-refractivity contribution is 0.242. The average molecular weight is 261 g/mol. The molecule has 0 spiro atoms. The average Bonchev–Trinajstić information content (AvgIpc) is 2.36. The van der Waals surface area contributed by atoms with Crippen LogP contribution < -0.4 is 10.1 Å². The van der Waals surface area contributed by atoms with Gasteiger partial charge in [-0.2, -0.15) is 0 Å². The van der Waals surface area contributed by atoms with Gasteiger partial charge in [0, 0.05) is 12.6 Å². The molecular formula is C17H27NO. The summed E-state index contributed by atoms with van der Waals surface area (Å²) < 4.78 is 5.74. The van der Waals surface area contributed by atoms with Gasteiger partial charge in [-0.1, -0.05) is 31.9 Å². The molecule has 1 aliphatic rings. The molecule has 0 heterocycles. The Hall–Kier alpha value is -1.02. The summed E-state index contributed by atoms with van der Waals surface area (Å²) in [6.07, 6.45) is 5.65. The van der Waals surface area contributed by atoms with Crippen LogP contribution in [-0.2, 0) is 6.54 Å². The molecule has 2 atom stereocenters. The molecule has 1 saturated carbocycles. The van der Waals surface area contributed by atoms with E-state index in [4.69, 9.17) is 4.74 Å². The Balaban J connectivity index is 1.85. The van der Waals surface area contributed by atoms with Gasteiger partial charge in [0.25, 0.3) is 0 Å². The SMILES string of the molecule is CC1CCCC(NCc2cccc(OC(C)C)c2)C1. The molecule has 19 heavy (non-hydrogen) atoms. The number of rotatable bonds is 5. The minimum atomic E-state index is 0.238. The zero-order chi connectivity index (χ0) is 13.7. The molecule has 2 unspecified atom stereocenters. The maximum atomic E-state index is 5.74. The molecule has 2 heteroatoms. The molecule has 1 N–H and O–H groups in total. The van der Waals surface area contributed by atoms with Crippen molar-refractivity contribution >= 4 is 0 Å². The summed E-state index contributed by atoms with van der Waals surface area (Å²) in [6.45, 7) is 7.44. The van der Waals surface area contributed by atoms with E-state index in [2.05, 4.69) is 44.3 Å². The third kappa shape index (κ3) is 4.87. The lowest BCUT2D eigenvalue weighted by Crippen LogP contribution is -2.33. The van der Waals surface area contributed by atoms with E-state index in [0.717, 1.165) is 18.2 Å². The molecule has 1 aromatic carbocycles. The quantitative estimate of drug-likeness (QED) is 0.860. The zero-order valence-electron chi connectivity index (χ0n) is 12.5. The van der Waals surface area contributed by atoms with Crippen molar-refractivity contribution in [2.75, 3.05) is 0 Å². The summed E-state index contributed by atoms with van der Waals surface area (Å²) in [5, 5.41) is 3.69. The third-order valence-corrected chi connectivity index (χ3v) is 3.80.